The second-order valence-electron chi connectivity index (χ2n) is 7.00. The number of amides is 1. The minimum Gasteiger partial charge on any atom is -0.447 e. The van der Waals surface area contributed by atoms with E-state index in [1.165, 1.54) is 11.1 Å². The van der Waals surface area contributed by atoms with Crippen LogP contribution in [0.25, 0.3) is 5.82 Å². The molecule has 8 nitrogen and oxygen atoms in total. The van der Waals surface area contributed by atoms with Gasteiger partial charge in [-0.3, -0.25) is 4.90 Å². The summed E-state index contributed by atoms with van der Waals surface area (Å²) in [5, 5.41) is 13.1. The van der Waals surface area contributed by atoms with Gasteiger partial charge in [-0.15, -0.1) is 10.2 Å². The van der Waals surface area contributed by atoms with Crippen molar-refractivity contribution in [3.63, 3.8) is 0 Å². The molecule has 0 unspecified atom stereocenters. The van der Waals surface area contributed by atoms with Gasteiger partial charge in [0.1, 0.15) is 6.61 Å². The Morgan fingerprint density at radius 3 is 2.61 bits per heavy atom. The molecule has 2 aliphatic rings. The Bertz CT molecular complexity index is 1030. The van der Waals surface area contributed by atoms with Gasteiger partial charge in [0.25, 0.3) is 0 Å². The van der Waals surface area contributed by atoms with Gasteiger partial charge in [-0.25, -0.2) is 9.48 Å². The number of benzene rings is 1. The lowest BCUT2D eigenvalue weighted by molar-refractivity contribution is 0.181. The number of cyclic esters (lactones) is 1. The third kappa shape index (κ3) is 2.87. The second-order valence-corrected chi connectivity index (χ2v) is 7.00. The minimum absolute atomic E-state index is 0.258. The summed E-state index contributed by atoms with van der Waals surface area (Å²) in [5.41, 5.74) is 4.33. The van der Waals surface area contributed by atoms with Crippen LogP contribution in [0.1, 0.15) is 16.8 Å². The Balaban J connectivity index is 1.38. The molecule has 5 rings (SSSR count). The molecular weight excluding hydrogens is 356 g/mol. The normalized spacial score (nSPS) is 16.2. The van der Waals surface area contributed by atoms with Gasteiger partial charge in [0.2, 0.25) is 0 Å². The summed E-state index contributed by atoms with van der Waals surface area (Å²) >= 11 is 0. The summed E-state index contributed by atoms with van der Waals surface area (Å²) < 4.78 is 6.82. The highest BCUT2D eigenvalue weighted by molar-refractivity contribution is 5.90. The number of carbonyl (C=O) groups is 1. The fourth-order valence-corrected chi connectivity index (χ4v) is 3.80. The third-order valence-corrected chi connectivity index (χ3v) is 5.21. The van der Waals surface area contributed by atoms with Gasteiger partial charge >= 0.3 is 6.09 Å². The van der Waals surface area contributed by atoms with Crippen molar-refractivity contribution in [2.75, 3.05) is 29.5 Å². The first kappa shape index (κ1) is 16.7. The largest absolute Gasteiger partial charge is 0.447 e. The lowest BCUT2D eigenvalue weighted by Gasteiger charge is -2.31. The van der Waals surface area contributed by atoms with Gasteiger partial charge in [-0.2, -0.15) is 5.10 Å². The van der Waals surface area contributed by atoms with Crippen LogP contribution in [-0.4, -0.2) is 45.8 Å². The Morgan fingerprint density at radius 2 is 1.89 bits per heavy atom. The number of rotatable bonds is 3. The average Bonchev–Trinajstić information content (AvgIpc) is 3.35. The first-order valence-corrected chi connectivity index (χ1v) is 9.35. The van der Waals surface area contributed by atoms with Gasteiger partial charge in [0.15, 0.2) is 11.6 Å². The van der Waals surface area contributed by atoms with E-state index in [-0.39, 0.29) is 6.09 Å². The van der Waals surface area contributed by atoms with E-state index in [0.29, 0.717) is 19.0 Å². The monoisotopic (exact) mass is 376 g/mol. The Kier molecular flexibility index (Phi) is 3.96. The number of nitrogens with zero attached hydrogens (tertiary/aromatic N) is 6. The van der Waals surface area contributed by atoms with Crippen molar-refractivity contribution in [2.24, 2.45) is 0 Å². The molecule has 1 aromatic carbocycles. The van der Waals surface area contributed by atoms with Gasteiger partial charge < -0.3 is 9.64 Å². The fraction of sp³-hybridized carbons (Fsp3) is 0.300. The Hall–Kier alpha value is -3.42. The van der Waals surface area contributed by atoms with Gasteiger partial charge in [-0.05, 0) is 48.7 Å². The van der Waals surface area contributed by atoms with Crippen LogP contribution >= 0.6 is 0 Å². The molecule has 3 aromatic rings. The van der Waals surface area contributed by atoms with E-state index in [2.05, 4.69) is 26.3 Å². The summed E-state index contributed by atoms with van der Waals surface area (Å²) in [6, 6.07) is 12.0. The van der Waals surface area contributed by atoms with Gasteiger partial charge in [0, 0.05) is 19.3 Å². The highest BCUT2D eigenvalue weighted by atomic mass is 16.6. The number of hydrogen-bond acceptors (Lipinski definition) is 6. The zero-order valence-corrected chi connectivity index (χ0v) is 15.6. The number of aryl methyl sites for hydroxylation is 1. The summed E-state index contributed by atoms with van der Waals surface area (Å²) in [7, 11) is 0. The van der Waals surface area contributed by atoms with Crippen LogP contribution in [-0.2, 0) is 17.7 Å². The molecule has 1 saturated heterocycles. The first-order chi connectivity index (χ1) is 13.7. The molecule has 0 N–H and O–H groups in total. The van der Waals surface area contributed by atoms with E-state index in [0.717, 1.165) is 36.7 Å². The predicted octanol–water partition coefficient (Wildman–Crippen LogP) is 2.49. The molecule has 4 heterocycles. The summed E-state index contributed by atoms with van der Waals surface area (Å²) in [5.74, 6) is 1.54. The van der Waals surface area contributed by atoms with Crippen LogP contribution in [0, 0.1) is 6.92 Å². The van der Waals surface area contributed by atoms with Crippen LogP contribution in [0.4, 0.5) is 16.3 Å². The quantitative estimate of drug-likeness (QED) is 0.699. The van der Waals surface area contributed by atoms with E-state index in [9.17, 15) is 4.79 Å². The molecular formula is C20H20N6O2. The summed E-state index contributed by atoms with van der Waals surface area (Å²) in [6.45, 7) is 4.56. The van der Waals surface area contributed by atoms with E-state index in [4.69, 9.17) is 4.74 Å². The highest BCUT2D eigenvalue weighted by Gasteiger charge is 2.28. The molecule has 28 heavy (non-hydrogen) atoms. The number of ether oxygens (including phenoxy) is 1. The molecule has 0 spiro atoms. The summed E-state index contributed by atoms with van der Waals surface area (Å²) in [4.78, 5) is 15.9. The molecule has 0 saturated carbocycles. The van der Waals surface area contributed by atoms with E-state index in [1.54, 1.807) is 9.58 Å². The fourth-order valence-electron chi connectivity index (χ4n) is 3.80. The van der Waals surface area contributed by atoms with Crippen LogP contribution in [0.15, 0.2) is 42.6 Å². The van der Waals surface area contributed by atoms with E-state index in [1.807, 2.05) is 43.5 Å². The average molecular weight is 376 g/mol. The topological polar surface area (TPSA) is 76.4 Å². The number of hydrogen-bond donors (Lipinski definition) is 0. The molecule has 142 valence electrons. The van der Waals surface area contributed by atoms with E-state index >= 15 is 0 Å². The smallest absolute Gasteiger partial charge is 0.414 e. The minimum atomic E-state index is -0.258. The maximum Gasteiger partial charge on any atom is 0.414 e. The Labute approximate surface area is 162 Å². The second kappa shape index (κ2) is 6.63. The predicted molar refractivity (Wildman–Crippen MR) is 104 cm³/mol. The maximum atomic E-state index is 12.0. The summed E-state index contributed by atoms with van der Waals surface area (Å²) in [6.07, 6.45) is 2.46. The van der Waals surface area contributed by atoms with Crippen LogP contribution in [0.2, 0.25) is 0 Å². The van der Waals surface area contributed by atoms with Crippen molar-refractivity contribution in [1.29, 1.82) is 0 Å². The van der Waals surface area contributed by atoms with Crippen molar-refractivity contribution < 1.29 is 9.53 Å². The van der Waals surface area contributed by atoms with Crippen molar-refractivity contribution >= 4 is 17.6 Å². The van der Waals surface area contributed by atoms with E-state index < -0.39 is 0 Å². The van der Waals surface area contributed by atoms with Crippen molar-refractivity contribution in [3.8, 4) is 5.82 Å². The number of carbonyl (C=O) groups excluding carboxylic acids is 1. The third-order valence-electron chi connectivity index (χ3n) is 5.21. The number of aromatic nitrogens is 4. The SMILES string of the molecule is Cc1ccn(-c2ccc(N3CCc4c(cccc4N4CCOC4=O)C3)nn2)n1. The van der Waals surface area contributed by atoms with Crippen LogP contribution in [0.5, 0.6) is 0 Å². The number of fused-ring (bicyclic) bond motifs is 1. The molecule has 0 bridgehead atoms. The Morgan fingerprint density at radius 1 is 1.04 bits per heavy atom. The molecule has 0 atom stereocenters. The van der Waals surface area contributed by atoms with Crippen molar-refractivity contribution in [2.45, 2.75) is 19.9 Å². The molecule has 8 heteroatoms. The number of anilines is 2. The molecule has 0 aliphatic carbocycles. The molecule has 1 amide bonds. The van der Waals surface area contributed by atoms with Crippen LogP contribution < -0.4 is 9.80 Å². The molecule has 1 fully saturated rings. The van der Waals surface area contributed by atoms with Crippen LogP contribution in [0.3, 0.4) is 0 Å². The molecule has 2 aliphatic heterocycles. The first-order valence-electron chi connectivity index (χ1n) is 9.35. The lowest BCUT2D eigenvalue weighted by Crippen LogP contribution is -2.33. The highest BCUT2D eigenvalue weighted by Crippen LogP contribution is 2.31. The zero-order chi connectivity index (χ0) is 19.1. The lowest BCUT2D eigenvalue weighted by atomic mass is 9.97. The molecule has 0 radical (unpaired) electrons. The zero-order valence-electron chi connectivity index (χ0n) is 15.6. The van der Waals surface area contributed by atoms with Crippen molar-refractivity contribution in [1.82, 2.24) is 20.0 Å². The van der Waals surface area contributed by atoms with Gasteiger partial charge in [-0.1, -0.05) is 12.1 Å². The molecule has 2 aromatic heterocycles. The van der Waals surface area contributed by atoms with Gasteiger partial charge in [0.05, 0.1) is 17.9 Å². The van der Waals surface area contributed by atoms with Crippen molar-refractivity contribution in [3.05, 3.63) is 59.4 Å². The maximum absolute atomic E-state index is 12.0. The standard InChI is InChI=1S/C20H20N6O2/c1-14-7-10-26(23-14)19-6-5-18(21-22-19)24-9-8-16-15(13-24)3-2-4-17(16)25-11-12-28-20(25)27/h2-7,10H,8-9,11-13H2,1H3.